The molecule has 4 nitrogen and oxygen atoms in total. The lowest BCUT2D eigenvalue weighted by Crippen LogP contribution is -1.97. The molecule has 4 aromatic rings. The smallest absolute Gasteiger partial charge is 0.141 e. The average molecular weight is 379 g/mol. The summed E-state index contributed by atoms with van der Waals surface area (Å²) in [5, 5.41) is 7.27. The highest BCUT2D eigenvalue weighted by atomic mass is 35.5. The molecule has 1 aromatic heterocycles. The zero-order valence-electron chi connectivity index (χ0n) is 14.5. The highest BCUT2D eigenvalue weighted by molar-refractivity contribution is 6.31. The minimum atomic E-state index is -0.457. The number of hydrogen-bond donors (Lipinski definition) is 2. The SMILES string of the molecule is CNc1cccc(-c2ccc3ncnc(Nc4ccc(F)c(Cl)c4)c3c2)c1. The van der Waals surface area contributed by atoms with E-state index in [1.807, 2.05) is 37.4 Å². The lowest BCUT2D eigenvalue weighted by atomic mass is 10.0. The number of halogens is 2. The summed E-state index contributed by atoms with van der Waals surface area (Å²) in [6.07, 6.45) is 1.50. The van der Waals surface area contributed by atoms with E-state index in [0.29, 0.717) is 11.5 Å². The van der Waals surface area contributed by atoms with Crippen LogP contribution in [0.2, 0.25) is 5.02 Å². The third kappa shape index (κ3) is 3.55. The van der Waals surface area contributed by atoms with E-state index in [-0.39, 0.29) is 5.02 Å². The van der Waals surface area contributed by atoms with Gasteiger partial charge in [0.05, 0.1) is 10.5 Å². The summed E-state index contributed by atoms with van der Waals surface area (Å²) in [5.41, 5.74) is 4.65. The second kappa shape index (κ2) is 7.21. The molecule has 0 unspecified atom stereocenters. The van der Waals surface area contributed by atoms with Crippen molar-refractivity contribution in [3.8, 4) is 11.1 Å². The first-order valence-electron chi connectivity index (χ1n) is 8.39. The second-order valence-electron chi connectivity index (χ2n) is 6.04. The molecule has 0 saturated heterocycles. The number of nitrogens with one attached hydrogen (secondary N) is 2. The molecule has 1 heterocycles. The number of aromatic nitrogens is 2. The maximum absolute atomic E-state index is 13.4. The van der Waals surface area contributed by atoms with Gasteiger partial charge in [0.25, 0.3) is 0 Å². The highest BCUT2D eigenvalue weighted by Crippen LogP contribution is 2.30. The topological polar surface area (TPSA) is 49.8 Å². The molecule has 0 fully saturated rings. The number of nitrogens with zero attached hydrogens (tertiary/aromatic N) is 2. The van der Waals surface area contributed by atoms with E-state index in [1.165, 1.54) is 18.5 Å². The number of anilines is 3. The molecule has 6 heteroatoms. The standard InChI is InChI=1S/C21H16ClFN4/c1-24-15-4-2-3-13(9-15)14-5-8-20-17(10-14)21(26-12-25-20)27-16-6-7-19(23)18(22)11-16/h2-12,24H,1H3,(H,25,26,27). The normalized spacial score (nSPS) is 10.8. The number of fused-ring (bicyclic) bond motifs is 1. The van der Waals surface area contributed by atoms with Gasteiger partial charge < -0.3 is 10.6 Å². The predicted octanol–water partition coefficient (Wildman–Crippen LogP) is 5.87. The molecule has 2 N–H and O–H groups in total. The van der Waals surface area contributed by atoms with E-state index < -0.39 is 5.82 Å². The van der Waals surface area contributed by atoms with Gasteiger partial charge in [-0.1, -0.05) is 29.8 Å². The predicted molar refractivity (Wildman–Crippen MR) is 109 cm³/mol. The lowest BCUT2D eigenvalue weighted by molar-refractivity contribution is 0.628. The van der Waals surface area contributed by atoms with Crippen LogP contribution in [-0.2, 0) is 0 Å². The van der Waals surface area contributed by atoms with Crippen molar-refractivity contribution in [2.75, 3.05) is 17.7 Å². The fourth-order valence-corrected chi connectivity index (χ4v) is 3.08. The van der Waals surface area contributed by atoms with Gasteiger partial charge in [-0.15, -0.1) is 0 Å². The van der Waals surface area contributed by atoms with Crippen LogP contribution >= 0.6 is 11.6 Å². The van der Waals surface area contributed by atoms with E-state index in [9.17, 15) is 4.39 Å². The summed E-state index contributed by atoms with van der Waals surface area (Å²) in [5.74, 6) is 0.177. The largest absolute Gasteiger partial charge is 0.388 e. The Hall–Kier alpha value is -3.18. The van der Waals surface area contributed by atoms with Gasteiger partial charge in [0.1, 0.15) is 18.0 Å². The van der Waals surface area contributed by atoms with Crippen LogP contribution in [0.4, 0.5) is 21.6 Å². The Morgan fingerprint density at radius 2 is 1.74 bits per heavy atom. The molecule has 0 saturated carbocycles. The van der Waals surface area contributed by atoms with Crippen LogP contribution in [0.1, 0.15) is 0 Å². The van der Waals surface area contributed by atoms with Gasteiger partial charge in [-0.05, 0) is 53.6 Å². The van der Waals surface area contributed by atoms with Crippen LogP contribution in [0.3, 0.4) is 0 Å². The maximum atomic E-state index is 13.4. The van der Waals surface area contributed by atoms with Crippen molar-refractivity contribution < 1.29 is 4.39 Å². The van der Waals surface area contributed by atoms with Crippen LogP contribution in [0.15, 0.2) is 67.0 Å². The zero-order valence-corrected chi connectivity index (χ0v) is 15.3. The summed E-state index contributed by atoms with van der Waals surface area (Å²) >= 11 is 5.88. The molecular weight excluding hydrogens is 363 g/mol. The van der Waals surface area contributed by atoms with Crippen molar-refractivity contribution in [3.63, 3.8) is 0 Å². The molecular formula is C21H16ClFN4. The summed E-state index contributed by atoms with van der Waals surface area (Å²) < 4.78 is 13.4. The Balaban J connectivity index is 1.78. The molecule has 27 heavy (non-hydrogen) atoms. The van der Waals surface area contributed by atoms with Crippen molar-refractivity contribution in [2.45, 2.75) is 0 Å². The third-order valence-corrected chi connectivity index (χ3v) is 4.59. The van der Waals surface area contributed by atoms with E-state index in [1.54, 1.807) is 6.07 Å². The van der Waals surface area contributed by atoms with Crippen molar-refractivity contribution in [1.82, 2.24) is 9.97 Å². The van der Waals surface area contributed by atoms with Gasteiger partial charge in [-0.3, -0.25) is 0 Å². The van der Waals surface area contributed by atoms with Crippen LogP contribution in [-0.4, -0.2) is 17.0 Å². The molecule has 0 bridgehead atoms. The Labute approximate surface area is 161 Å². The van der Waals surface area contributed by atoms with Crippen LogP contribution in [0.25, 0.3) is 22.0 Å². The highest BCUT2D eigenvalue weighted by Gasteiger charge is 2.08. The fourth-order valence-electron chi connectivity index (χ4n) is 2.90. The molecule has 0 aliphatic heterocycles. The first kappa shape index (κ1) is 17.2. The Morgan fingerprint density at radius 3 is 2.56 bits per heavy atom. The molecule has 4 rings (SSSR count). The molecule has 0 aliphatic carbocycles. The molecule has 0 spiro atoms. The van der Waals surface area contributed by atoms with E-state index in [0.717, 1.165) is 27.7 Å². The molecule has 134 valence electrons. The van der Waals surface area contributed by atoms with Gasteiger partial charge in [0.2, 0.25) is 0 Å². The lowest BCUT2D eigenvalue weighted by Gasteiger charge is -2.11. The average Bonchev–Trinajstić information content (AvgIpc) is 2.71. The Bertz CT molecular complexity index is 1130. The monoisotopic (exact) mass is 378 g/mol. The first-order valence-corrected chi connectivity index (χ1v) is 8.77. The minimum Gasteiger partial charge on any atom is -0.388 e. The maximum Gasteiger partial charge on any atom is 0.141 e. The van der Waals surface area contributed by atoms with Gasteiger partial charge in [0, 0.05) is 23.8 Å². The summed E-state index contributed by atoms with van der Waals surface area (Å²) in [7, 11) is 1.89. The van der Waals surface area contributed by atoms with Crippen molar-refractivity contribution in [1.29, 1.82) is 0 Å². The fraction of sp³-hybridized carbons (Fsp3) is 0.0476. The first-order chi connectivity index (χ1) is 13.1. The van der Waals surface area contributed by atoms with Gasteiger partial charge in [0.15, 0.2) is 0 Å². The van der Waals surface area contributed by atoms with Crippen molar-refractivity contribution >= 4 is 39.7 Å². The van der Waals surface area contributed by atoms with Crippen LogP contribution < -0.4 is 10.6 Å². The van der Waals surface area contributed by atoms with E-state index in [4.69, 9.17) is 11.6 Å². The number of hydrogen-bond acceptors (Lipinski definition) is 4. The summed E-state index contributed by atoms with van der Waals surface area (Å²) in [6, 6.07) is 18.7. The zero-order chi connectivity index (χ0) is 18.8. The molecule has 3 aromatic carbocycles. The molecule has 0 radical (unpaired) electrons. The Kier molecular flexibility index (Phi) is 4.60. The number of rotatable bonds is 4. The van der Waals surface area contributed by atoms with Crippen LogP contribution in [0.5, 0.6) is 0 Å². The van der Waals surface area contributed by atoms with Crippen LogP contribution in [0, 0.1) is 5.82 Å². The quantitative estimate of drug-likeness (QED) is 0.466. The third-order valence-electron chi connectivity index (χ3n) is 4.30. The minimum absolute atomic E-state index is 0.0583. The van der Waals surface area contributed by atoms with Gasteiger partial charge >= 0.3 is 0 Å². The second-order valence-corrected chi connectivity index (χ2v) is 6.45. The molecule has 0 amide bonds. The van der Waals surface area contributed by atoms with E-state index >= 15 is 0 Å². The summed E-state index contributed by atoms with van der Waals surface area (Å²) in [4.78, 5) is 8.69. The molecule has 0 atom stereocenters. The van der Waals surface area contributed by atoms with Gasteiger partial charge in [-0.25, -0.2) is 14.4 Å². The Morgan fingerprint density at radius 1 is 0.889 bits per heavy atom. The van der Waals surface area contributed by atoms with E-state index in [2.05, 4.69) is 32.7 Å². The van der Waals surface area contributed by atoms with Crippen molar-refractivity contribution in [3.05, 3.63) is 77.8 Å². The molecule has 0 aliphatic rings. The van der Waals surface area contributed by atoms with Crippen molar-refractivity contribution in [2.24, 2.45) is 0 Å². The van der Waals surface area contributed by atoms with Gasteiger partial charge in [-0.2, -0.15) is 0 Å². The number of benzene rings is 3. The summed E-state index contributed by atoms with van der Waals surface area (Å²) in [6.45, 7) is 0.